The number of carboxylic acid groups (broad SMARTS) is 1. The molecule has 3 nitrogen and oxygen atoms in total. The van der Waals surface area contributed by atoms with Crippen LogP contribution < -0.4 is 0 Å². The third kappa shape index (κ3) is 3.07. The van der Waals surface area contributed by atoms with Gasteiger partial charge in [-0.15, -0.1) is 0 Å². The third-order valence-electron chi connectivity index (χ3n) is 1.62. The summed E-state index contributed by atoms with van der Waals surface area (Å²) >= 11 is 0. The molecular formula is C10H11NO2. The molecule has 1 aromatic rings. The molecule has 0 bridgehead atoms. The summed E-state index contributed by atoms with van der Waals surface area (Å²) in [5.74, 6) is -0.935. The molecule has 3 heteroatoms. The summed E-state index contributed by atoms with van der Waals surface area (Å²) < 4.78 is 0. The van der Waals surface area contributed by atoms with Crippen molar-refractivity contribution in [3.8, 4) is 0 Å². The van der Waals surface area contributed by atoms with Gasteiger partial charge in [-0.3, -0.25) is 4.98 Å². The fourth-order valence-electron chi connectivity index (χ4n) is 0.961. The highest BCUT2D eigenvalue weighted by molar-refractivity contribution is 5.85. The van der Waals surface area contributed by atoms with Gasteiger partial charge in [-0.2, -0.15) is 0 Å². The Hall–Kier alpha value is -1.64. The lowest BCUT2D eigenvalue weighted by molar-refractivity contribution is -0.131. The van der Waals surface area contributed by atoms with Crippen molar-refractivity contribution in [2.24, 2.45) is 0 Å². The van der Waals surface area contributed by atoms with Gasteiger partial charge in [0.05, 0.1) is 0 Å². The van der Waals surface area contributed by atoms with Crippen molar-refractivity contribution in [1.82, 2.24) is 4.98 Å². The van der Waals surface area contributed by atoms with Gasteiger partial charge in [0.2, 0.25) is 0 Å². The molecule has 0 atom stereocenters. The van der Waals surface area contributed by atoms with Crippen LogP contribution in [-0.4, -0.2) is 16.1 Å². The van der Waals surface area contributed by atoms with E-state index < -0.39 is 5.97 Å². The van der Waals surface area contributed by atoms with Crippen LogP contribution in [0, 0.1) is 0 Å². The lowest BCUT2D eigenvalue weighted by Gasteiger charge is -1.96. The summed E-state index contributed by atoms with van der Waals surface area (Å²) in [6, 6.07) is 3.65. The van der Waals surface area contributed by atoms with Gasteiger partial charge in [-0.25, -0.2) is 4.79 Å². The third-order valence-corrected chi connectivity index (χ3v) is 1.62. The Bertz CT molecular complexity index is 331. The monoisotopic (exact) mass is 177 g/mol. The molecule has 0 amide bonds. The molecule has 0 aliphatic rings. The molecule has 0 aliphatic carbocycles. The molecular weight excluding hydrogens is 166 g/mol. The molecule has 13 heavy (non-hydrogen) atoms. The molecule has 0 spiro atoms. The summed E-state index contributed by atoms with van der Waals surface area (Å²) in [6.07, 6.45) is 5.22. The van der Waals surface area contributed by atoms with Gasteiger partial charge in [-0.05, 0) is 30.2 Å². The quantitative estimate of drug-likeness (QED) is 0.715. The molecule has 68 valence electrons. The first-order valence-corrected chi connectivity index (χ1v) is 4.08. The Morgan fingerprint density at radius 1 is 1.69 bits per heavy atom. The first-order valence-electron chi connectivity index (χ1n) is 4.08. The number of hydrogen-bond donors (Lipinski definition) is 1. The second kappa shape index (κ2) is 4.40. The standard InChI is InChI=1S/C10H11NO2/c1-2-9-7-8(5-6-11-9)3-4-10(12)13/h3-7H,2H2,1H3,(H,12,13)/b4-3+. The number of aromatic nitrogens is 1. The van der Waals surface area contributed by atoms with Crippen molar-refractivity contribution >= 4 is 12.0 Å². The lowest BCUT2D eigenvalue weighted by atomic mass is 10.2. The van der Waals surface area contributed by atoms with Crippen molar-refractivity contribution in [2.75, 3.05) is 0 Å². The number of rotatable bonds is 3. The number of carbonyl (C=O) groups is 1. The molecule has 1 heterocycles. The van der Waals surface area contributed by atoms with E-state index in [0.29, 0.717) is 0 Å². The molecule has 1 aromatic heterocycles. The van der Waals surface area contributed by atoms with Crippen LogP contribution in [-0.2, 0) is 11.2 Å². The number of aryl methyl sites for hydroxylation is 1. The van der Waals surface area contributed by atoms with E-state index in [9.17, 15) is 4.79 Å². The topological polar surface area (TPSA) is 50.2 Å². The van der Waals surface area contributed by atoms with E-state index in [-0.39, 0.29) is 0 Å². The van der Waals surface area contributed by atoms with Gasteiger partial charge >= 0.3 is 5.97 Å². The van der Waals surface area contributed by atoms with E-state index in [1.165, 1.54) is 0 Å². The fourth-order valence-corrected chi connectivity index (χ4v) is 0.961. The minimum Gasteiger partial charge on any atom is -0.478 e. The molecule has 0 saturated carbocycles. The SMILES string of the molecule is CCc1cc(/C=C/C(=O)O)ccn1. The van der Waals surface area contributed by atoms with Crippen molar-refractivity contribution in [3.05, 3.63) is 35.7 Å². The van der Waals surface area contributed by atoms with E-state index in [4.69, 9.17) is 5.11 Å². The highest BCUT2D eigenvalue weighted by Crippen LogP contribution is 2.04. The van der Waals surface area contributed by atoms with Gasteiger partial charge in [0.1, 0.15) is 0 Å². The van der Waals surface area contributed by atoms with Crippen LogP contribution in [0.5, 0.6) is 0 Å². The molecule has 0 aromatic carbocycles. The van der Waals surface area contributed by atoms with Crippen LogP contribution in [0.25, 0.3) is 6.08 Å². The number of nitrogens with zero attached hydrogens (tertiary/aromatic N) is 1. The highest BCUT2D eigenvalue weighted by Gasteiger charge is 1.92. The van der Waals surface area contributed by atoms with E-state index in [1.54, 1.807) is 18.3 Å². The van der Waals surface area contributed by atoms with Crippen molar-refractivity contribution in [3.63, 3.8) is 0 Å². The average Bonchev–Trinajstić information content (AvgIpc) is 2.15. The summed E-state index contributed by atoms with van der Waals surface area (Å²) in [4.78, 5) is 14.3. The number of carboxylic acids is 1. The molecule has 1 N–H and O–H groups in total. The first kappa shape index (κ1) is 9.45. The minimum absolute atomic E-state index is 0.856. The molecule has 0 unspecified atom stereocenters. The number of pyridine rings is 1. The zero-order chi connectivity index (χ0) is 9.68. The first-order chi connectivity index (χ1) is 6.22. The van der Waals surface area contributed by atoms with E-state index in [0.717, 1.165) is 23.8 Å². The molecule has 0 fully saturated rings. The summed E-state index contributed by atoms with van der Waals surface area (Å²) in [5, 5.41) is 8.40. The second-order valence-corrected chi connectivity index (χ2v) is 2.61. The molecule has 1 rings (SSSR count). The molecule has 0 saturated heterocycles. The number of aliphatic carboxylic acids is 1. The van der Waals surface area contributed by atoms with Crippen molar-refractivity contribution in [2.45, 2.75) is 13.3 Å². The summed E-state index contributed by atoms with van der Waals surface area (Å²) in [7, 11) is 0. The van der Waals surface area contributed by atoms with Gasteiger partial charge in [-0.1, -0.05) is 6.92 Å². The van der Waals surface area contributed by atoms with E-state index in [1.807, 2.05) is 13.0 Å². The predicted molar refractivity (Wildman–Crippen MR) is 50.3 cm³/mol. The van der Waals surface area contributed by atoms with Crippen LogP contribution >= 0.6 is 0 Å². The van der Waals surface area contributed by atoms with Crippen LogP contribution in [0.2, 0.25) is 0 Å². The Morgan fingerprint density at radius 2 is 2.46 bits per heavy atom. The second-order valence-electron chi connectivity index (χ2n) is 2.61. The van der Waals surface area contributed by atoms with Crippen LogP contribution in [0.15, 0.2) is 24.4 Å². The van der Waals surface area contributed by atoms with Crippen LogP contribution in [0.3, 0.4) is 0 Å². The maximum Gasteiger partial charge on any atom is 0.328 e. The Labute approximate surface area is 76.7 Å². The minimum atomic E-state index is -0.935. The molecule has 0 aliphatic heterocycles. The van der Waals surface area contributed by atoms with Crippen molar-refractivity contribution < 1.29 is 9.90 Å². The fraction of sp³-hybridized carbons (Fsp3) is 0.200. The molecule has 0 radical (unpaired) electrons. The Balaban J connectivity index is 2.83. The van der Waals surface area contributed by atoms with Gasteiger partial charge in [0.15, 0.2) is 0 Å². The zero-order valence-corrected chi connectivity index (χ0v) is 7.40. The zero-order valence-electron chi connectivity index (χ0n) is 7.40. The lowest BCUT2D eigenvalue weighted by Crippen LogP contribution is -1.88. The maximum absolute atomic E-state index is 10.2. The Kier molecular flexibility index (Phi) is 3.20. The predicted octanol–water partition coefficient (Wildman–Crippen LogP) is 1.74. The van der Waals surface area contributed by atoms with E-state index >= 15 is 0 Å². The highest BCUT2D eigenvalue weighted by atomic mass is 16.4. The number of hydrogen-bond acceptors (Lipinski definition) is 2. The Morgan fingerprint density at radius 3 is 3.08 bits per heavy atom. The summed E-state index contributed by atoms with van der Waals surface area (Å²) in [5.41, 5.74) is 1.83. The maximum atomic E-state index is 10.2. The average molecular weight is 177 g/mol. The largest absolute Gasteiger partial charge is 0.478 e. The van der Waals surface area contributed by atoms with E-state index in [2.05, 4.69) is 4.98 Å². The normalized spacial score (nSPS) is 10.5. The van der Waals surface area contributed by atoms with Crippen LogP contribution in [0.4, 0.5) is 0 Å². The van der Waals surface area contributed by atoms with Gasteiger partial charge in [0.25, 0.3) is 0 Å². The smallest absolute Gasteiger partial charge is 0.328 e. The summed E-state index contributed by atoms with van der Waals surface area (Å²) in [6.45, 7) is 2.01. The van der Waals surface area contributed by atoms with Crippen LogP contribution in [0.1, 0.15) is 18.2 Å². The van der Waals surface area contributed by atoms with Gasteiger partial charge < -0.3 is 5.11 Å². The van der Waals surface area contributed by atoms with Crippen molar-refractivity contribution in [1.29, 1.82) is 0 Å². The van der Waals surface area contributed by atoms with Gasteiger partial charge in [0, 0.05) is 18.0 Å².